The van der Waals surface area contributed by atoms with E-state index in [1.54, 1.807) is 0 Å². The van der Waals surface area contributed by atoms with E-state index in [2.05, 4.69) is 29.4 Å². The molecule has 1 heterocycles. The van der Waals surface area contributed by atoms with Crippen LogP contribution in [0.5, 0.6) is 0 Å². The predicted molar refractivity (Wildman–Crippen MR) is 80.2 cm³/mol. The largest absolute Gasteiger partial charge is 0.353 e. The molecule has 1 aliphatic heterocycles. The Morgan fingerprint density at radius 3 is 2.63 bits per heavy atom. The molecule has 0 saturated carbocycles. The Hall–Kier alpha value is -0.610. The van der Waals surface area contributed by atoms with Crippen molar-refractivity contribution < 1.29 is 4.79 Å². The summed E-state index contributed by atoms with van der Waals surface area (Å²) in [5.41, 5.74) is 0. The first-order chi connectivity index (χ1) is 8.99. The molecular weight excluding hydrogens is 238 g/mol. The Morgan fingerprint density at radius 2 is 2.00 bits per heavy atom. The number of likely N-dealkylation sites (tertiary alicyclic amines) is 1. The molecule has 0 aromatic heterocycles. The van der Waals surface area contributed by atoms with Crippen LogP contribution in [0, 0.1) is 5.92 Å². The molecular formula is C15H31N3O. The van der Waals surface area contributed by atoms with Crippen LogP contribution in [-0.2, 0) is 4.79 Å². The smallest absolute Gasteiger partial charge is 0.234 e. The molecule has 0 spiro atoms. The molecule has 112 valence electrons. The molecule has 0 bridgehead atoms. The van der Waals surface area contributed by atoms with E-state index in [4.69, 9.17) is 0 Å². The number of amides is 1. The van der Waals surface area contributed by atoms with Gasteiger partial charge in [0.25, 0.3) is 0 Å². The molecule has 0 aliphatic carbocycles. The fraction of sp³-hybridized carbons (Fsp3) is 0.933. The molecule has 4 heteroatoms. The van der Waals surface area contributed by atoms with Crippen molar-refractivity contribution in [2.75, 3.05) is 26.2 Å². The van der Waals surface area contributed by atoms with Crippen molar-refractivity contribution >= 4 is 5.91 Å². The van der Waals surface area contributed by atoms with Gasteiger partial charge < -0.3 is 10.6 Å². The second-order valence-electron chi connectivity index (χ2n) is 6.39. The highest BCUT2D eigenvalue weighted by Crippen LogP contribution is 2.16. The summed E-state index contributed by atoms with van der Waals surface area (Å²) in [6.45, 7) is 12.1. The number of rotatable bonds is 7. The van der Waals surface area contributed by atoms with E-state index in [0.29, 0.717) is 18.5 Å². The van der Waals surface area contributed by atoms with Gasteiger partial charge in [-0.25, -0.2) is 0 Å². The van der Waals surface area contributed by atoms with Gasteiger partial charge in [0.05, 0.1) is 6.54 Å². The van der Waals surface area contributed by atoms with Crippen LogP contribution >= 0.6 is 0 Å². The number of piperidine rings is 1. The summed E-state index contributed by atoms with van der Waals surface area (Å²) >= 11 is 0. The number of nitrogens with zero attached hydrogens (tertiary/aromatic N) is 1. The van der Waals surface area contributed by atoms with Crippen LogP contribution in [0.25, 0.3) is 0 Å². The molecule has 19 heavy (non-hydrogen) atoms. The maximum absolute atomic E-state index is 11.9. The van der Waals surface area contributed by atoms with Crippen LogP contribution < -0.4 is 10.6 Å². The van der Waals surface area contributed by atoms with Crippen LogP contribution in [-0.4, -0.2) is 49.1 Å². The third-order valence-electron chi connectivity index (χ3n) is 3.48. The predicted octanol–water partition coefficient (Wildman–Crippen LogP) is 1.61. The average Bonchev–Trinajstić information content (AvgIpc) is 2.29. The van der Waals surface area contributed by atoms with Crippen LogP contribution in [0.4, 0.5) is 0 Å². The van der Waals surface area contributed by atoms with Crippen LogP contribution in [0.15, 0.2) is 0 Å². The lowest BCUT2D eigenvalue weighted by atomic mass is 10.0. The Labute approximate surface area is 118 Å². The van der Waals surface area contributed by atoms with Gasteiger partial charge in [0, 0.05) is 18.6 Å². The van der Waals surface area contributed by atoms with Gasteiger partial charge in [0.2, 0.25) is 5.91 Å². The molecule has 2 N–H and O–H groups in total. The highest BCUT2D eigenvalue weighted by Gasteiger charge is 2.23. The Bertz CT molecular complexity index is 266. The summed E-state index contributed by atoms with van der Waals surface area (Å²) in [7, 11) is 0. The van der Waals surface area contributed by atoms with Gasteiger partial charge in [-0.2, -0.15) is 0 Å². The summed E-state index contributed by atoms with van der Waals surface area (Å²) in [4.78, 5) is 14.2. The molecule has 1 rings (SSSR count). The second kappa shape index (κ2) is 8.54. The standard InChI is InChI=1S/C15H31N3O/c1-12(2)9-16-10-14-7-5-6-8-18(14)11-15(19)17-13(3)4/h12-14,16H,5-11H2,1-4H3,(H,17,19). The monoisotopic (exact) mass is 269 g/mol. The molecule has 0 radical (unpaired) electrons. The van der Waals surface area contributed by atoms with E-state index in [1.165, 1.54) is 19.3 Å². The van der Waals surface area contributed by atoms with Crippen molar-refractivity contribution in [1.82, 2.24) is 15.5 Å². The highest BCUT2D eigenvalue weighted by molar-refractivity contribution is 5.78. The highest BCUT2D eigenvalue weighted by atomic mass is 16.2. The number of hydrogen-bond acceptors (Lipinski definition) is 3. The molecule has 0 aromatic rings. The van der Waals surface area contributed by atoms with Crippen molar-refractivity contribution in [2.24, 2.45) is 5.92 Å². The minimum Gasteiger partial charge on any atom is -0.353 e. The van der Waals surface area contributed by atoms with E-state index >= 15 is 0 Å². The molecule has 1 saturated heterocycles. The van der Waals surface area contributed by atoms with Gasteiger partial charge in [0.15, 0.2) is 0 Å². The van der Waals surface area contributed by atoms with Crippen molar-refractivity contribution in [3.63, 3.8) is 0 Å². The van der Waals surface area contributed by atoms with Crippen molar-refractivity contribution in [3.8, 4) is 0 Å². The number of hydrogen-bond donors (Lipinski definition) is 2. The zero-order valence-electron chi connectivity index (χ0n) is 13.0. The van der Waals surface area contributed by atoms with Gasteiger partial charge in [-0.05, 0) is 45.7 Å². The second-order valence-corrected chi connectivity index (χ2v) is 6.39. The molecule has 1 fully saturated rings. The normalized spacial score (nSPS) is 21.1. The van der Waals surface area contributed by atoms with Crippen molar-refractivity contribution in [2.45, 2.75) is 59.0 Å². The average molecular weight is 269 g/mol. The lowest BCUT2D eigenvalue weighted by Crippen LogP contribution is -2.50. The zero-order chi connectivity index (χ0) is 14.3. The van der Waals surface area contributed by atoms with Crippen LogP contribution in [0.3, 0.4) is 0 Å². The first kappa shape index (κ1) is 16.4. The quantitative estimate of drug-likeness (QED) is 0.738. The first-order valence-corrected chi connectivity index (χ1v) is 7.73. The maximum atomic E-state index is 11.9. The molecule has 1 amide bonds. The van der Waals surface area contributed by atoms with Crippen molar-refractivity contribution in [1.29, 1.82) is 0 Å². The third-order valence-corrected chi connectivity index (χ3v) is 3.48. The lowest BCUT2D eigenvalue weighted by molar-refractivity contribution is -0.123. The molecule has 1 unspecified atom stereocenters. The summed E-state index contributed by atoms with van der Waals surface area (Å²) in [6, 6.07) is 0.750. The molecule has 0 aromatic carbocycles. The SMILES string of the molecule is CC(C)CNCC1CCCCN1CC(=O)NC(C)C. The van der Waals surface area contributed by atoms with Gasteiger partial charge in [-0.15, -0.1) is 0 Å². The molecule has 4 nitrogen and oxygen atoms in total. The minimum absolute atomic E-state index is 0.158. The summed E-state index contributed by atoms with van der Waals surface area (Å²) in [5, 5.41) is 6.51. The minimum atomic E-state index is 0.158. The molecule has 1 atom stereocenters. The molecule has 1 aliphatic rings. The fourth-order valence-corrected chi connectivity index (χ4v) is 2.59. The van der Waals surface area contributed by atoms with E-state index < -0.39 is 0 Å². The Morgan fingerprint density at radius 1 is 1.26 bits per heavy atom. The Balaban J connectivity index is 2.36. The van der Waals surface area contributed by atoms with Gasteiger partial charge in [-0.1, -0.05) is 20.3 Å². The van der Waals surface area contributed by atoms with Gasteiger partial charge in [0.1, 0.15) is 0 Å². The zero-order valence-corrected chi connectivity index (χ0v) is 13.0. The van der Waals surface area contributed by atoms with Crippen molar-refractivity contribution in [3.05, 3.63) is 0 Å². The third kappa shape index (κ3) is 6.92. The summed E-state index contributed by atoms with van der Waals surface area (Å²) < 4.78 is 0. The van der Waals surface area contributed by atoms with Crippen LogP contribution in [0.2, 0.25) is 0 Å². The number of nitrogens with one attached hydrogen (secondary N) is 2. The Kier molecular flexibility index (Phi) is 7.39. The maximum Gasteiger partial charge on any atom is 0.234 e. The number of carbonyl (C=O) groups excluding carboxylic acids is 1. The lowest BCUT2D eigenvalue weighted by Gasteiger charge is -2.35. The van der Waals surface area contributed by atoms with Gasteiger partial charge in [-0.3, -0.25) is 9.69 Å². The topological polar surface area (TPSA) is 44.4 Å². The fourth-order valence-electron chi connectivity index (χ4n) is 2.59. The van der Waals surface area contributed by atoms with E-state index in [1.807, 2.05) is 13.8 Å². The van der Waals surface area contributed by atoms with E-state index in [9.17, 15) is 4.79 Å². The van der Waals surface area contributed by atoms with E-state index in [0.717, 1.165) is 19.6 Å². The number of carbonyl (C=O) groups is 1. The van der Waals surface area contributed by atoms with Crippen LogP contribution in [0.1, 0.15) is 47.0 Å². The summed E-state index contributed by atoms with van der Waals surface area (Å²) in [5.74, 6) is 0.840. The first-order valence-electron chi connectivity index (χ1n) is 7.73. The van der Waals surface area contributed by atoms with E-state index in [-0.39, 0.29) is 11.9 Å². The summed E-state index contributed by atoms with van der Waals surface area (Å²) in [6.07, 6.45) is 3.71. The van der Waals surface area contributed by atoms with Gasteiger partial charge >= 0.3 is 0 Å².